The second kappa shape index (κ2) is 6.79. The number of fused-ring (bicyclic) bond motifs is 1. The standard InChI is InChI=1S/C17H16N4O2/c18-8-1-2-10-23-13-6-3-5-12(11-13)15-20-16-14(17(22)21-15)7-4-9-19-16/h3-7,9,11,15H,1-2,10H2,(H,19,20)(H,21,22). The highest BCUT2D eigenvalue weighted by atomic mass is 16.5. The van der Waals surface area contributed by atoms with Crippen molar-refractivity contribution in [2.75, 3.05) is 11.9 Å². The summed E-state index contributed by atoms with van der Waals surface area (Å²) >= 11 is 0. The molecule has 116 valence electrons. The molecule has 1 aromatic carbocycles. The number of nitrogens with zero attached hydrogens (tertiary/aromatic N) is 2. The van der Waals surface area contributed by atoms with Crippen LogP contribution >= 0.6 is 0 Å². The zero-order chi connectivity index (χ0) is 16.1. The summed E-state index contributed by atoms with van der Waals surface area (Å²) in [6, 6.07) is 13.1. The fourth-order valence-corrected chi connectivity index (χ4v) is 2.38. The first-order chi connectivity index (χ1) is 11.3. The van der Waals surface area contributed by atoms with Crippen LogP contribution in [-0.4, -0.2) is 17.5 Å². The molecule has 6 heteroatoms. The van der Waals surface area contributed by atoms with Crippen LogP contribution in [0.1, 0.15) is 34.9 Å². The average Bonchev–Trinajstić information content (AvgIpc) is 2.59. The van der Waals surface area contributed by atoms with E-state index < -0.39 is 0 Å². The number of nitrogens with one attached hydrogen (secondary N) is 2. The SMILES string of the molecule is N#CCCCOc1cccc(C2NC(=O)c3cccnc3N2)c1. The molecule has 0 spiro atoms. The van der Waals surface area contributed by atoms with Crippen LogP contribution in [0, 0.1) is 11.3 Å². The number of benzene rings is 1. The summed E-state index contributed by atoms with van der Waals surface area (Å²) in [7, 11) is 0. The quantitative estimate of drug-likeness (QED) is 0.829. The minimum Gasteiger partial charge on any atom is -0.494 e. The number of nitriles is 1. The van der Waals surface area contributed by atoms with E-state index in [1.807, 2.05) is 24.3 Å². The third-order valence-electron chi connectivity index (χ3n) is 3.50. The monoisotopic (exact) mass is 308 g/mol. The lowest BCUT2D eigenvalue weighted by molar-refractivity contribution is 0.0935. The van der Waals surface area contributed by atoms with Gasteiger partial charge in [-0.25, -0.2) is 4.98 Å². The van der Waals surface area contributed by atoms with E-state index in [0.717, 1.165) is 5.56 Å². The van der Waals surface area contributed by atoms with E-state index in [-0.39, 0.29) is 12.1 Å². The predicted octanol–water partition coefficient (Wildman–Crippen LogP) is 2.62. The van der Waals surface area contributed by atoms with E-state index in [2.05, 4.69) is 21.7 Å². The van der Waals surface area contributed by atoms with Gasteiger partial charge in [-0.3, -0.25) is 4.79 Å². The van der Waals surface area contributed by atoms with Gasteiger partial charge in [-0.2, -0.15) is 5.26 Å². The second-order valence-corrected chi connectivity index (χ2v) is 5.13. The predicted molar refractivity (Wildman–Crippen MR) is 84.9 cm³/mol. The maximum absolute atomic E-state index is 12.1. The van der Waals surface area contributed by atoms with Crippen molar-refractivity contribution in [3.05, 3.63) is 53.7 Å². The molecule has 23 heavy (non-hydrogen) atoms. The number of anilines is 1. The number of rotatable bonds is 5. The van der Waals surface area contributed by atoms with Crippen LogP contribution in [0.25, 0.3) is 0 Å². The van der Waals surface area contributed by atoms with E-state index in [4.69, 9.17) is 10.00 Å². The van der Waals surface area contributed by atoms with Crippen molar-refractivity contribution in [1.82, 2.24) is 10.3 Å². The molecule has 0 bridgehead atoms. The van der Waals surface area contributed by atoms with Gasteiger partial charge in [0.2, 0.25) is 0 Å². The summed E-state index contributed by atoms with van der Waals surface area (Å²) in [6.07, 6.45) is 2.46. The summed E-state index contributed by atoms with van der Waals surface area (Å²) in [5.41, 5.74) is 1.42. The largest absolute Gasteiger partial charge is 0.494 e. The van der Waals surface area contributed by atoms with E-state index in [9.17, 15) is 4.79 Å². The van der Waals surface area contributed by atoms with Crippen LogP contribution in [0.3, 0.4) is 0 Å². The fraction of sp³-hybridized carbons (Fsp3) is 0.235. The summed E-state index contributed by atoms with van der Waals surface area (Å²) in [5, 5.41) is 14.6. The maximum atomic E-state index is 12.1. The first kappa shape index (κ1) is 14.9. The van der Waals surface area contributed by atoms with Gasteiger partial charge < -0.3 is 15.4 Å². The van der Waals surface area contributed by atoms with Crippen LogP contribution in [-0.2, 0) is 0 Å². The molecular formula is C17H16N4O2. The Morgan fingerprint density at radius 3 is 3.04 bits per heavy atom. The van der Waals surface area contributed by atoms with Crippen LogP contribution in [0.4, 0.5) is 5.82 Å². The number of carbonyl (C=O) groups is 1. The Morgan fingerprint density at radius 1 is 1.26 bits per heavy atom. The van der Waals surface area contributed by atoms with Gasteiger partial charge >= 0.3 is 0 Å². The summed E-state index contributed by atoms with van der Waals surface area (Å²) in [4.78, 5) is 16.3. The van der Waals surface area contributed by atoms with Crippen LogP contribution < -0.4 is 15.4 Å². The van der Waals surface area contributed by atoms with Gasteiger partial charge in [-0.05, 0) is 36.2 Å². The lowest BCUT2D eigenvalue weighted by atomic mass is 10.1. The molecule has 1 aliphatic heterocycles. The average molecular weight is 308 g/mol. The summed E-state index contributed by atoms with van der Waals surface area (Å²) < 4.78 is 5.63. The molecule has 0 radical (unpaired) electrons. The van der Waals surface area contributed by atoms with E-state index in [0.29, 0.717) is 36.6 Å². The highest BCUT2D eigenvalue weighted by Gasteiger charge is 2.25. The van der Waals surface area contributed by atoms with E-state index >= 15 is 0 Å². The number of carbonyl (C=O) groups excluding carboxylic acids is 1. The Morgan fingerprint density at radius 2 is 2.17 bits per heavy atom. The third kappa shape index (κ3) is 3.40. The highest BCUT2D eigenvalue weighted by molar-refractivity contribution is 6.00. The van der Waals surface area contributed by atoms with E-state index in [1.54, 1.807) is 18.3 Å². The van der Waals surface area contributed by atoms with Crippen molar-refractivity contribution in [3.63, 3.8) is 0 Å². The molecule has 0 fully saturated rings. The second-order valence-electron chi connectivity index (χ2n) is 5.13. The molecule has 3 rings (SSSR count). The zero-order valence-electron chi connectivity index (χ0n) is 12.5. The molecule has 0 aliphatic carbocycles. The van der Waals surface area contributed by atoms with Gasteiger partial charge in [0.25, 0.3) is 5.91 Å². The molecule has 1 unspecified atom stereocenters. The summed E-state index contributed by atoms with van der Waals surface area (Å²) in [6.45, 7) is 0.492. The third-order valence-corrected chi connectivity index (χ3v) is 3.50. The molecule has 0 saturated heterocycles. The lowest BCUT2D eigenvalue weighted by Gasteiger charge is -2.27. The lowest BCUT2D eigenvalue weighted by Crippen LogP contribution is -2.38. The van der Waals surface area contributed by atoms with Gasteiger partial charge in [0.1, 0.15) is 17.7 Å². The number of ether oxygens (including phenoxy) is 1. The van der Waals surface area contributed by atoms with Gasteiger partial charge in [0.15, 0.2) is 0 Å². The maximum Gasteiger partial charge on any atom is 0.256 e. The number of aromatic nitrogens is 1. The van der Waals surface area contributed by atoms with Gasteiger partial charge in [-0.15, -0.1) is 0 Å². The van der Waals surface area contributed by atoms with E-state index in [1.165, 1.54) is 0 Å². The topological polar surface area (TPSA) is 87.0 Å². The number of hydrogen-bond donors (Lipinski definition) is 2. The first-order valence-electron chi connectivity index (χ1n) is 7.40. The molecule has 2 aromatic rings. The molecule has 1 atom stereocenters. The van der Waals surface area contributed by atoms with Gasteiger partial charge in [0, 0.05) is 12.6 Å². The van der Waals surface area contributed by atoms with Crippen LogP contribution in [0.15, 0.2) is 42.6 Å². The molecule has 1 aromatic heterocycles. The van der Waals surface area contributed by atoms with Crippen LogP contribution in [0.5, 0.6) is 5.75 Å². The van der Waals surface area contributed by atoms with Crippen molar-refractivity contribution in [2.45, 2.75) is 19.0 Å². The van der Waals surface area contributed by atoms with Crippen molar-refractivity contribution >= 4 is 11.7 Å². The van der Waals surface area contributed by atoms with Crippen LogP contribution in [0.2, 0.25) is 0 Å². The minimum absolute atomic E-state index is 0.155. The fourth-order valence-electron chi connectivity index (χ4n) is 2.38. The Hall–Kier alpha value is -3.07. The molecule has 6 nitrogen and oxygen atoms in total. The molecule has 0 saturated carbocycles. The molecule has 2 N–H and O–H groups in total. The smallest absolute Gasteiger partial charge is 0.256 e. The molecular weight excluding hydrogens is 292 g/mol. The Balaban J connectivity index is 1.73. The number of unbranched alkanes of at least 4 members (excludes halogenated alkanes) is 1. The van der Waals surface area contributed by atoms with Crippen molar-refractivity contribution < 1.29 is 9.53 Å². The summed E-state index contributed by atoms with van der Waals surface area (Å²) in [5.74, 6) is 1.13. The van der Waals surface area contributed by atoms with Crippen molar-refractivity contribution in [3.8, 4) is 11.8 Å². The number of pyridine rings is 1. The number of amides is 1. The Labute approximate surface area is 134 Å². The molecule has 2 heterocycles. The zero-order valence-corrected chi connectivity index (χ0v) is 12.5. The molecule has 1 amide bonds. The van der Waals surface area contributed by atoms with Gasteiger partial charge in [-0.1, -0.05) is 12.1 Å². The number of hydrogen-bond acceptors (Lipinski definition) is 5. The normalized spacial score (nSPS) is 15.8. The minimum atomic E-state index is -0.354. The molecule has 1 aliphatic rings. The Kier molecular flexibility index (Phi) is 4.39. The Bertz CT molecular complexity index is 754. The highest BCUT2D eigenvalue weighted by Crippen LogP contribution is 2.26. The van der Waals surface area contributed by atoms with Crippen molar-refractivity contribution in [1.29, 1.82) is 5.26 Å². The van der Waals surface area contributed by atoms with Gasteiger partial charge in [0.05, 0.1) is 18.2 Å². The first-order valence-corrected chi connectivity index (χ1v) is 7.40. The van der Waals surface area contributed by atoms with Crippen molar-refractivity contribution in [2.24, 2.45) is 0 Å².